The summed E-state index contributed by atoms with van der Waals surface area (Å²) in [5, 5.41) is 18.1. The SMILES string of the molecule is Cc1c(O)ccc(N)c1O.Cl. The lowest BCUT2D eigenvalue weighted by atomic mass is 10.2. The molecule has 0 radical (unpaired) electrons. The lowest BCUT2D eigenvalue weighted by molar-refractivity contribution is 0.445. The monoisotopic (exact) mass is 175 g/mol. The van der Waals surface area contributed by atoms with Crippen LogP contribution < -0.4 is 5.73 Å². The Kier molecular flexibility index (Phi) is 3.01. The fraction of sp³-hybridized carbons (Fsp3) is 0.143. The molecule has 1 rings (SSSR count). The second kappa shape index (κ2) is 3.34. The van der Waals surface area contributed by atoms with E-state index in [2.05, 4.69) is 0 Å². The van der Waals surface area contributed by atoms with Crippen LogP contribution in [0.2, 0.25) is 0 Å². The van der Waals surface area contributed by atoms with Gasteiger partial charge in [-0.05, 0) is 19.1 Å². The van der Waals surface area contributed by atoms with E-state index in [0.717, 1.165) is 0 Å². The number of rotatable bonds is 0. The normalized spacial score (nSPS) is 8.82. The highest BCUT2D eigenvalue weighted by atomic mass is 35.5. The van der Waals surface area contributed by atoms with Crippen LogP contribution in [-0.2, 0) is 0 Å². The summed E-state index contributed by atoms with van der Waals surface area (Å²) in [5.41, 5.74) is 6.03. The molecule has 0 bridgehead atoms. The Labute approximate surface area is 70.9 Å². The Bertz CT molecular complexity index is 236. The van der Waals surface area contributed by atoms with E-state index >= 15 is 0 Å². The lowest BCUT2D eigenvalue weighted by Crippen LogP contribution is -1.86. The first kappa shape index (κ1) is 9.91. The average molecular weight is 176 g/mol. The molecule has 4 N–H and O–H groups in total. The summed E-state index contributed by atoms with van der Waals surface area (Å²) in [6.07, 6.45) is 0. The van der Waals surface area contributed by atoms with Crippen molar-refractivity contribution in [3.8, 4) is 11.5 Å². The number of anilines is 1. The summed E-state index contributed by atoms with van der Waals surface area (Å²) in [6, 6.07) is 2.90. The minimum atomic E-state index is -0.0417. The van der Waals surface area contributed by atoms with E-state index in [0.29, 0.717) is 5.56 Å². The van der Waals surface area contributed by atoms with Crippen molar-refractivity contribution in [3.63, 3.8) is 0 Å². The molecule has 0 saturated carbocycles. The van der Waals surface area contributed by atoms with Gasteiger partial charge < -0.3 is 15.9 Å². The predicted octanol–water partition coefficient (Wildman–Crippen LogP) is 1.41. The Morgan fingerprint density at radius 1 is 1.27 bits per heavy atom. The van der Waals surface area contributed by atoms with Crippen LogP contribution in [0.3, 0.4) is 0 Å². The Morgan fingerprint density at radius 3 is 2.27 bits per heavy atom. The van der Waals surface area contributed by atoms with Crippen molar-refractivity contribution in [1.29, 1.82) is 0 Å². The number of hydrogen-bond donors (Lipinski definition) is 3. The predicted molar refractivity (Wildman–Crippen MR) is 46.2 cm³/mol. The highest BCUT2D eigenvalue weighted by molar-refractivity contribution is 5.85. The van der Waals surface area contributed by atoms with E-state index in [1.165, 1.54) is 12.1 Å². The third kappa shape index (κ3) is 1.68. The zero-order valence-electron chi connectivity index (χ0n) is 6.03. The fourth-order valence-corrected chi connectivity index (χ4v) is 0.710. The number of phenolic OH excluding ortho intramolecular Hbond substituents is 2. The molecular weight excluding hydrogens is 166 g/mol. The van der Waals surface area contributed by atoms with Crippen LogP contribution in [0.4, 0.5) is 5.69 Å². The molecule has 4 heteroatoms. The molecule has 1 aromatic carbocycles. The highest BCUT2D eigenvalue weighted by Gasteiger charge is 2.03. The molecule has 0 atom stereocenters. The smallest absolute Gasteiger partial charge is 0.145 e. The summed E-state index contributed by atoms with van der Waals surface area (Å²) in [7, 11) is 0. The second-order valence-corrected chi connectivity index (χ2v) is 2.15. The maximum atomic E-state index is 9.10. The molecule has 0 saturated heterocycles. The summed E-state index contributed by atoms with van der Waals surface area (Å²) >= 11 is 0. The molecule has 62 valence electrons. The quantitative estimate of drug-likeness (QED) is 0.317. The molecular formula is C7H10ClNO2. The molecule has 0 aromatic heterocycles. The number of nitrogens with two attached hydrogens (primary N) is 1. The summed E-state index contributed by atoms with van der Waals surface area (Å²) < 4.78 is 0. The number of nitrogen functional groups attached to an aromatic ring is 1. The number of phenols is 2. The second-order valence-electron chi connectivity index (χ2n) is 2.15. The Morgan fingerprint density at radius 2 is 1.82 bits per heavy atom. The van der Waals surface area contributed by atoms with Gasteiger partial charge in [0.25, 0.3) is 0 Å². The van der Waals surface area contributed by atoms with Crippen molar-refractivity contribution >= 4 is 18.1 Å². The van der Waals surface area contributed by atoms with Gasteiger partial charge in [-0.3, -0.25) is 0 Å². The van der Waals surface area contributed by atoms with Gasteiger partial charge in [-0.1, -0.05) is 0 Å². The maximum absolute atomic E-state index is 9.10. The number of aromatic hydroxyl groups is 2. The molecule has 0 heterocycles. The first-order chi connectivity index (χ1) is 4.63. The average Bonchev–Trinajstić information content (AvgIpc) is 1.93. The van der Waals surface area contributed by atoms with E-state index in [-0.39, 0.29) is 29.6 Å². The minimum absolute atomic E-state index is 0. The Hall–Kier alpha value is -1.09. The van der Waals surface area contributed by atoms with Crippen molar-refractivity contribution < 1.29 is 10.2 Å². The number of halogens is 1. The van der Waals surface area contributed by atoms with Gasteiger partial charge >= 0.3 is 0 Å². The third-order valence-corrected chi connectivity index (χ3v) is 1.43. The molecule has 0 fully saturated rings. The number of hydrogen-bond acceptors (Lipinski definition) is 3. The topological polar surface area (TPSA) is 66.5 Å². The van der Waals surface area contributed by atoms with E-state index in [1.807, 2.05) is 0 Å². The molecule has 1 aromatic rings. The molecule has 0 unspecified atom stereocenters. The molecule has 0 aliphatic rings. The van der Waals surface area contributed by atoms with E-state index in [9.17, 15) is 0 Å². The van der Waals surface area contributed by atoms with Gasteiger partial charge in [0.2, 0.25) is 0 Å². The highest BCUT2D eigenvalue weighted by Crippen LogP contribution is 2.30. The molecule has 0 aliphatic heterocycles. The van der Waals surface area contributed by atoms with Gasteiger partial charge in [0.1, 0.15) is 11.5 Å². The van der Waals surface area contributed by atoms with Crippen molar-refractivity contribution in [2.75, 3.05) is 5.73 Å². The Balaban J connectivity index is 0.000001000. The van der Waals surface area contributed by atoms with Gasteiger partial charge in [0, 0.05) is 5.56 Å². The van der Waals surface area contributed by atoms with Crippen LogP contribution in [0.1, 0.15) is 5.56 Å². The molecule has 11 heavy (non-hydrogen) atoms. The van der Waals surface area contributed by atoms with Gasteiger partial charge in [0.15, 0.2) is 0 Å². The van der Waals surface area contributed by atoms with Gasteiger partial charge in [-0.25, -0.2) is 0 Å². The van der Waals surface area contributed by atoms with Crippen LogP contribution >= 0.6 is 12.4 Å². The lowest BCUT2D eigenvalue weighted by Gasteiger charge is -2.03. The summed E-state index contributed by atoms with van der Waals surface area (Å²) in [4.78, 5) is 0. The van der Waals surface area contributed by atoms with Gasteiger partial charge in [-0.2, -0.15) is 0 Å². The van der Waals surface area contributed by atoms with Crippen molar-refractivity contribution in [3.05, 3.63) is 17.7 Å². The summed E-state index contributed by atoms with van der Waals surface area (Å²) in [6.45, 7) is 1.60. The molecule has 0 amide bonds. The standard InChI is InChI=1S/C7H9NO2.ClH/c1-4-6(9)3-2-5(8)7(4)10;/h2-3,9-10H,8H2,1H3;1H. The third-order valence-electron chi connectivity index (χ3n) is 1.43. The van der Waals surface area contributed by atoms with Crippen LogP contribution in [0.5, 0.6) is 11.5 Å². The first-order valence-corrected chi connectivity index (χ1v) is 2.90. The van der Waals surface area contributed by atoms with E-state index < -0.39 is 0 Å². The van der Waals surface area contributed by atoms with Crippen LogP contribution in [0.25, 0.3) is 0 Å². The van der Waals surface area contributed by atoms with Gasteiger partial charge in [0.05, 0.1) is 5.69 Å². The minimum Gasteiger partial charge on any atom is -0.508 e. The van der Waals surface area contributed by atoms with E-state index in [1.54, 1.807) is 6.92 Å². The summed E-state index contributed by atoms with van der Waals surface area (Å²) in [5.74, 6) is 0.0201. The molecule has 0 spiro atoms. The number of benzene rings is 1. The van der Waals surface area contributed by atoms with Crippen molar-refractivity contribution in [2.24, 2.45) is 0 Å². The zero-order valence-corrected chi connectivity index (χ0v) is 6.85. The van der Waals surface area contributed by atoms with Crippen LogP contribution in [0.15, 0.2) is 12.1 Å². The fourth-order valence-electron chi connectivity index (χ4n) is 0.710. The zero-order chi connectivity index (χ0) is 7.72. The first-order valence-electron chi connectivity index (χ1n) is 2.90. The van der Waals surface area contributed by atoms with Crippen LogP contribution in [0, 0.1) is 6.92 Å². The van der Waals surface area contributed by atoms with Gasteiger partial charge in [-0.15, -0.1) is 12.4 Å². The molecule has 0 aliphatic carbocycles. The van der Waals surface area contributed by atoms with Crippen LogP contribution in [-0.4, -0.2) is 10.2 Å². The van der Waals surface area contributed by atoms with Crippen molar-refractivity contribution in [1.82, 2.24) is 0 Å². The molecule has 3 nitrogen and oxygen atoms in total. The van der Waals surface area contributed by atoms with Crippen molar-refractivity contribution in [2.45, 2.75) is 6.92 Å². The maximum Gasteiger partial charge on any atom is 0.145 e. The van der Waals surface area contributed by atoms with E-state index in [4.69, 9.17) is 15.9 Å². The largest absolute Gasteiger partial charge is 0.508 e.